The first-order valence-electron chi connectivity index (χ1n) is 4.98. The van der Waals surface area contributed by atoms with Crippen molar-refractivity contribution >= 4 is 17.5 Å². The lowest BCUT2D eigenvalue weighted by Crippen LogP contribution is -2.26. The normalized spacial score (nSPS) is 10.7. The monoisotopic (exact) mass is 263 g/mol. The van der Waals surface area contributed by atoms with Crippen LogP contribution in [0.2, 0.25) is 5.02 Å². The maximum Gasteiger partial charge on any atom is 0.276 e. The molecule has 6 heteroatoms. The Labute approximate surface area is 103 Å². The lowest BCUT2D eigenvalue weighted by atomic mass is 10.2. The van der Waals surface area contributed by atoms with E-state index in [9.17, 15) is 13.6 Å². The highest BCUT2D eigenvalue weighted by Crippen LogP contribution is 2.19. The van der Waals surface area contributed by atoms with Crippen LogP contribution in [0.1, 0.15) is 24.2 Å². The second-order valence-corrected chi connectivity index (χ2v) is 4.29. The second-order valence-electron chi connectivity index (χ2n) is 3.88. The van der Waals surface area contributed by atoms with Crippen LogP contribution >= 0.6 is 11.6 Å². The van der Waals surface area contributed by atoms with Crippen LogP contribution in [0.5, 0.6) is 0 Å². The lowest BCUT2D eigenvalue weighted by Gasteiger charge is -2.09. The molecule has 0 saturated carbocycles. The number of hydroxylamine groups is 1. The average molecular weight is 264 g/mol. The first-order chi connectivity index (χ1) is 7.91. The molecule has 0 spiro atoms. The molecule has 0 aliphatic rings. The van der Waals surface area contributed by atoms with E-state index < -0.39 is 17.5 Å². The van der Waals surface area contributed by atoms with Crippen LogP contribution in [0.3, 0.4) is 0 Å². The fourth-order valence-electron chi connectivity index (χ4n) is 1.03. The first kappa shape index (κ1) is 13.9. The van der Waals surface area contributed by atoms with Crippen molar-refractivity contribution in [3.05, 3.63) is 34.4 Å². The van der Waals surface area contributed by atoms with Crippen LogP contribution in [0.4, 0.5) is 8.78 Å². The summed E-state index contributed by atoms with van der Waals surface area (Å²) in [6, 6.07) is 1.47. The van der Waals surface area contributed by atoms with Crippen molar-refractivity contribution in [2.75, 3.05) is 6.61 Å². The molecule has 0 atom stereocenters. The summed E-state index contributed by atoms with van der Waals surface area (Å²) in [5, 5.41) is -0.172. The van der Waals surface area contributed by atoms with E-state index in [1.807, 2.05) is 13.8 Å². The van der Waals surface area contributed by atoms with Crippen LogP contribution < -0.4 is 5.48 Å². The highest BCUT2D eigenvalue weighted by molar-refractivity contribution is 6.33. The molecule has 0 bridgehead atoms. The molecule has 0 saturated heterocycles. The fourth-order valence-corrected chi connectivity index (χ4v) is 1.26. The summed E-state index contributed by atoms with van der Waals surface area (Å²) in [7, 11) is 0. The van der Waals surface area contributed by atoms with E-state index in [4.69, 9.17) is 16.4 Å². The minimum atomic E-state index is -1.14. The van der Waals surface area contributed by atoms with Gasteiger partial charge in [-0.25, -0.2) is 14.3 Å². The number of carbonyl (C=O) groups is 1. The number of benzene rings is 1. The van der Waals surface area contributed by atoms with Crippen LogP contribution in [0, 0.1) is 17.6 Å². The largest absolute Gasteiger partial charge is 0.276 e. The van der Waals surface area contributed by atoms with Gasteiger partial charge in [0.2, 0.25) is 0 Å². The van der Waals surface area contributed by atoms with Crippen molar-refractivity contribution in [3.63, 3.8) is 0 Å². The molecule has 0 aliphatic heterocycles. The smallest absolute Gasteiger partial charge is 0.273 e. The summed E-state index contributed by atoms with van der Waals surface area (Å²) in [4.78, 5) is 16.4. The van der Waals surface area contributed by atoms with Gasteiger partial charge in [0.25, 0.3) is 5.91 Å². The fraction of sp³-hybridized carbons (Fsp3) is 0.364. The Morgan fingerprint density at radius 3 is 2.59 bits per heavy atom. The molecular formula is C11H12ClF2NO2. The van der Waals surface area contributed by atoms with E-state index in [-0.39, 0.29) is 16.5 Å². The molecule has 17 heavy (non-hydrogen) atoms. The third-order valence-electron chi connectivity index (χ3n) is 1.84. The molecule has 1 N–H and O–H groups in total. The van der Waals surface area contributed by atoms with Gasteiger partial charge in [-0.15, -0.1) is 0 Å². The molecule has 3 nitrogen and oxygen atoms in total. The topological polar surface area (TPSA) is 38.3 Å². The molecule has 1 aromatic carbocycles. The van der Waals surface area contributed by atoms with Crippen LogP contribution in [-0.2, 0) is 4.84 Å². The van der Waals surface area contributed by atoms with Crippen molar-refractivity contribution in [1.29, 1.82) is 0 Å². The zero-order valence-electron chi connectivity index (χ0n) is 9.39. The van der Waals surface area contributed by atoms with Crippen molar-refractivity contribution in [2.45, 2.75) is 13.8 Å². The maximum atomic E-state index is 12.9. The average Bonchev–Trinajstić information content (AvgIpc) is 2.22. The Morgan fingerprint density at radius 1 is 1.41 bits per heavy atom. The van der Waals surface area contributed by atoms with Crippen molar-refractivity contribution in [2.24, 2.45) is 5.92 Å². The SMILES string of the molecule is CC(C)CONC(=O)c1cc(F)c(F)cc1Cl. The number of hydrogen-bond acceptors (Lipinski definition) is 2. The van der Waals surface area contributed by atoms with E-state index >= 15 is 0 Å². The summed E-state index contributed by atoms with van der Waals surface area (Å²) in [6.07, 6.45) is 0. The number of rotatable bonds is 4. The zero-order valence-corrected chi connectivity index (χ0v) is 10.1. The molecule has 0 radical (unpaired) electrons. The van der Waals surface area contributed by atoms with Gasteiger partial charge in [0.15, 0.2) is 11.6 Å². The summed E-state index contributed by atoms with van der Waals surface area (Å²) in [6.45, 7) is 4.11. The Morgan fingerprint density at radius 2 is 2.00 bits per heavy atom. The predicted molar refractivity (Wildman–Crippen MR) is 59.6 cm³/mol. The number of nitrogens with one attached hydrogen (secondary N) is 1. The first-order valence-corrected chi connectivity index (χ1v) is 5.36. The summed E-state index contributed by atoms with van der Waals surface area (Å²) in [5.41, 5.74) is 1.93. The number of hydrogen-bond donors (Lipinski definition) is 1. The van der Waals surface area contributed by atoms with E-state index in [1.165, 1.54) is 0 Å². The van der Waals surface area contributed by atoms with Gasteiger partial charge in [0.1, 0.15) is 0 Å². The second kappa shape index (κ2) is 5.93. The minimum absolute atomic E-state index is 0.172. The van der Waals surface area contributed by atoms with E-state index in [0.717, 1.165) is 12.1 Å². The van der Waals surface area contributed by atoms with Crippen LogP contribution in [0.15, 0.2) is 12.1 Å². The third kappa shape index (κ3) is 3.94. The van der Waals surface area contributed by atoms with Gasteiger partial charge in [-0.1, -0.05) is 25.4 Å². The summed E-state index contributed by atoms with van der Waals surface area (Å²) < 4.78 is 25.7. The molecule has 0 unspecified atom stereocenters. The number of halogens is 3. The molecule has 1 rings (SSSR count). The highest BCUT2D eigenvalue weighted by atomic mass is 35.5. The standard InChI is InChI=1S/C11H12ClF2NO2/c1-6(2)5-17-15-11(16)7-3-9(13)10(14)4-8(7)12/h3-4,6H,5H2,1-2H3,(H,15,16). The van der Waals surface area contributed by atoms with Gasteiger partial charge in [-0.05, 0) is 18.1 Å². The molecule has 94 valence electrons. The molecule has 0 aromatic heterocycles. The van der Waals surface area contributed by atoms with Crippen molar-refractivity contribution < 1.29 is 18.4 Å². The van der Waals surface area contributed by atoms with Gasteiger partial charge in [-0.3, -0.25) is 9.63 Å². The number of carbonyl (C=O) groups excluding carboxylic acids is 1. The minimum Gasteiger partial charge on any atom is -0.273 e. The van der Waals surface area contributed by atoms with Gasteiger partial charge >= 0.3 is 0 Å². The van der Waals surface area contributed by atoms with Gasteiger partial charge in [0, 0.05) is 0 Å². The third-order valence-corrected chi connectivity index (χ3v) is 2.15. The highest BCUT2D eigenvalue weighted by Gasteiger charge is 2.15. The molecule has 1 amide bonds. The van der Waals surface area contributed by atoms with Crippen LogP contribution in [0.25, 0.3) is 0 Å². The number of amides is 1. The van der Waals surface area contributed by atoms with Gasteiger partial charge < -0.3 is 0 Å². The summed E-state index contributed by atoms with van der Waals surface area (Å²) in [5.74, 6) is -2.72. The van der Waals surface area contributed by atoms with Gasteiger partial charge in [0.05, 0.1) is 17.2 Å². The van der Waals surface area contributed by atoms with Crippen molar-refractivity contribution in [3.8, 4) is 0 Å². The maximum absolute atomic E-state index is 12.9. The van der Waals surface area contributed by atoms with E-state index in [0.29, 0.717) is 6.61 Å². The van der Waals surface area contributed by atoms with Gasteiger partial charge in [-0.2, -0.15) is 0 Å². The van der Waals surface area contributed by atoms with E-state index in [1.54, 1.807) is 0 Å². The van der Waals surface area contributed by atoms with E-state index in [2.05, 4.69) is 5.48 Å². The molecule has 0 fully saturated rings. The Hall–Kier alpha value is -1.20. The molecular weight excluding hydrogens is 252 g/mol. The lowest BCUT2D eigenvalue weighted by molar-refractivity contribution is 0.0208. The molecule has 0 aliphatic carbocycles. The Balaban J connectivity index is 2.72. The van der Waals surface area contributed by atoms with Crippen molar-refractivity contribution in [1.82, 2.24) is 5.48 Å². The quantitative estimate of drug-likeness (QED) is 0.670. The Bertz CT molecular complexity index is 424. The summed E-state index contributed by atoms with van der Waals surface area (Å²) >= 11 is 5.61. The zero-order chi connectivity index (χ0) is 13.0. The Kier molecular flexibility index (Phi) is 4.84. The van der Waals surface area contributed by atoms with Crippen LogP contribution in [-0.4, -0.2) is 12.5 Å². The molecule has 1 aromatic rings. The predicted octanol–water partition coefficient (Wildman–Crippen LogP) is 2.94. The molecule has 0 heterocycles.